The van der Waals surface area contributed by atoms with Gasteiger partial charge in [-0.1, -0.05) is 38.1 Å². The summed E-state index contributed by atoms with van der Waals surface area (Å²) in [7, 11) is 0. The molecule has 1 amide bonds. The minimum absolute atomic E-state index is 0.112. The number of amides is 1. The second-order valence-electron chi connectivity index (χ2n) is 7.52. The minimum Gasteiger partial charge on any atom is -0.345 e. The molecule has 0 spiro atoms. The molecular formula is C20H23NOS. The molecule has 1 aromatic carbocycles. The highest BCUT2D eigenvalue weighted by atomic mass is 32.1. The number of carbonyl (C=O) groups excluding carboxylic acids is 1. The van der Waals surface area contributed by atoms with Crippen molar-refractivity contribution < 1.29 is 4.79 Å². The Kier molecular flexibility index (Phi) is 3.56. The second-order valence-corrected chi connectivity index (χ2v) is 8.43. The van der Waals surface area contributed by atoms with Gasteiger partial charge in [0.2, 0.25) is 0 Å². The Hall–Kier alpha value is -1.61. The molecule has 1 saturated carbocycles. The average Bonchev–Trinajstić information content (AvgIpc) is 3.27. The molecule has 1 atom stereocenters. The number of benzene rings is 1. The zero-order valence-electron chi connectivity index (χ0n) is 13.8. The first-order valence-corrected chi connectivity index (χ1v) is 9.42. The fourth-order valence-electron chi connectivity index (χ4n) is 3.81. The monoisotopic (exact) mass is 325 g/mol. The number of hydrogen-bond acceptors (Lipinski definition) is 2. The van der Waals surface area contributed by atoms with Crippen LogP contribution in [0, 0.1) is 0 Å². The van der Waals surface area contributed by atoms with Crippen molar-refractivity contribution in [1.82, 2.24) is 5.32 Å². The molecule has 3 heteroatoms. The molecule has 23 heavy (non-hydrogen) atoms. The fourth-order valence-corrected chi connectivity index (χ4v) is 4.69. The van der Waals surface area contributed by atoms with Crippen LogP contribution in [0.25, 0.3) is 0 Å². The van der Waals surface area contributed by atoms with E-state index in [9.17, 15) is 4.79 Å². The summed E-state index contributed by atoms with van der Waals surface area (Å²) in [4.78, 5) is 13.7. The van der Waals surface area contributed by atoms with Crippen molar-refractivity contribution in [2.45, 2.75) is 56.9 Å². The van der Waals surface area contributed by atoms with Crippen molar-refractivity contribution in [3.8, 4) is 0 Å². The molecule has 4 rings (SSSR count). The van der Waals surface area contributed by atoms with Gasteiger partial charge >= 0.3 is 0 Å². The highest BCUT2D eigenvalue weighted by molar-refractivity contribution is 7.12. The third-order valence-electron chi connectivity index (χ3n) is 5.35. The Labute approximate surface area is 141 Å². The molecule has 1 heterocycles. The van der Waals surface area contributed by atoms with Gasteiger partial charge in [-0.2, -0.15) is 0 Å². The van der Waals surface area contributed by atoms with Crippen molar-refractivity contribution in [2.24, 2.45) is 0 Å². The normalized spacial score (nSPS) is 22.4. The molecule has 120 valence electrons. The van der Waals surface area contributed by atoms with Crippen molar-refractivity contribution in [1.29, 1.82) is 0 Å². The second kappa shape index (κ2) is 5.48. The Morgan fingerprint density at radius 2 is 1.91 bits per heavy atom. The zero-order valence-corrected chi connectivity index (χ0v) is 14.6. The van der Waals surface area contributed by atoms with E-state index in [1.807, 2.05) is 0 Å². The van der Waals surface area contributed by atoms with Crippen LogP contribution in [0.15, 0.2) is 35.7 Å². The maximum Gasteiger partial charge on any atom is 0.262 e. The van der Waals surface area contributed by atoms with E-state index in [1.54, 1.807) is 11.3 Å². The number of fused-ring (bicyclic) bond motifs is 1. The summed E-state index contributed by atoms with van der Waals surface area (Å²) in [6.45, 7) is 4.60. The van der Waals surface area contributed by atoms with Crippen LogP contribution in [-0.4, -0.2) is 5.91 Å². The van der Waals surface area contributed by atoms with Gasteiger partial charge in [-0.15, -0.1) is 11.3 Å². The third-order valence-corrected chi connectivity index (χ3v) is 6.28. The van der Waals surface area contributed by atoms with Gasteiger partial charge in [0.05, 0.1) is 10.9 Å². The quantitative estimate of drug-likeness (QED) is 0.829. The molecule has 1 N–H and O–H groups in total. The van der Waals surface area contributed by atoms with Gasteiger partial charge in [0.1, 0.15) is 0 Å². The molecule has 0 unspecified atom stereocenters. The topological polar surface area (TPSA) is 29.1 Å². The van der Waals surface area contributed by atoms with Crippen LogP contribution < -0.4 is 5.32 Å². The number of rotatable bonds is 3. The molecule has 0 bridgehead atoms. The van der Waals surface area contributed by atoms with Crippen molar-refractivity contribution >= 4 is 17.2 Å². The Balaban J connectivity index is 1.59. The van der Waals surface area contributed by atoms with Gasteiger partial charge in [0.15, 0.2) is 0 Å². The van der Waals surface area contributed by atoms with Crippen LogP contribution in [-0.2, 0) is 5.41 Å². The van der Waals surface area contributed by atoms with E-state index < -0.39 is 0 Å². The average molecular weight is 325 g/mol. The Morgan fingerprint density at radius 1 is 1.13 bits per heavy atom. The van der Waals surface area contributed by atoms with Gasteiger partial charge in [0, 0.05) is 0 Å². The molecular weight excluding hydrogens is 302 g/mol. The van der Waals surface area contributed by atoms with Gasteiger partial charge in [-0.25, -0.2) is 0 Å². The van der Waals surface area contributed by atoms with Crippen LogP contribution in [0.1, 0.15) is 77.9 Å². The van der Waals surface area contributed by atoms with Crippen molar-refractivity contribution in [2.75, 3.05) is 0 Å². The lowest BCUT2D eigenvalue weighted by Gasteiger charge is -2.37. The molecule has 2 nitrogen and oxygen atoms in total. The standard InChI is InChI=1S/C20H23NOS/c1-20(2)11-9-17(15-5-3-4-6-16(15)20)21-19(22)18-14(10-12-23-18)13-7-8-13/h3-6,10,12-13,17H,7-9,11H2,1-2H3,(H,21,22)/t17-/m1/s1. The smallest absolute Gasteiger partial charge is 0.262 e. The van der Waals surface area contributed by atoms with Crippen molar-refractivity contribution in [3.05, 3.63) is 57.3 Å². The first-order chi connectivity index (χ1) is 11.1. The number of nitrogens with one attached hydrogen (secondary N) is 1. The van der Waals surface area contributed by atoms with E-state index in [-0.39, 0.29) is 17.4 Å². The Morgan fingerprint density at radius 3 is 2.70 bits per heavy atom. The molecule has 1 fully saturated rings. The van der Waals surface area contributed by atoms with Crippen LogP contribution >= 0.6 is 11.3 Å². The maximum absolute atomic E-state index is 12.8. The highest BCUT2D eigenvalue weighted by Crippen LogP contribution is 2.44. The molecule has 2 aliphatic rings. The predicted molar refractivity (Wildman–Crippen MR) is 95.2 cm³/mol. The fraction of sp³-hybridized carbons (Fsp3) is 0.450. The first-order valence-electron chi connectivity index (χ1n) is 8.54. The van der Waals surface area contributed by atoms with Gasteiger partial charge < -0.3 is 5.32 Å². The van der Waals surface area contributed by atoms with Crippen LogP contribution in [0.4, 0.5) is 0 Å². The molecule has 0 saturated heterocycles. The lowest BCUT2D eigenvalue weighted by molar-refractivity contribution is 0.0932. The lowest BCUT2D eigenvalue weighted by atomic mass is 9.71. The number of thiophene rings is 1. The van der Waals surface area contributed by atoms with E-state index in [1.165, 1.54) is 29.5 Å². The maximum atomic E-state index is 12.8. The Bertz CT molecular complexity index is 742. The van der Waals surface area contributed by atoms with E-state index in [2.05, 4.69) is 54.9 Å². The predicted octanol–water partition coefficient (Wildman–Crippen LogP) is 5.17. The zero-order chi connectivity index (χ0) is 16.0. The SMILES string of the molecule is CC1(C)CC[C@@H](NC(=O)c2sccc2C2CC2)c2ccccc21. The first kappa shape index (κ1) is 14.9. The van der Waals surface area contributed by atoms with E-state index in [4.69, 9.17) is 0 Å². The summed E-state index contributed by atoms with van der Waals surface area (Å²) < 4.78 is 0. The largest absolute Gasteiger partial charge is 0.345 e. The van der Waals surface area contributed by atoms with Crippen LogP contribution in [0.5, 0.6) is 0 Å². The summed E-state index contributed by atoms with van der Waals surface area (Å²) in [5.41, 5.74) is 4.13. The summed E-state index contributed by atoms with van der Waals surface area (Å²) in [5, 5.41) is 5.37. The molecule has 1 aromatic heterocycles. The highest BCUT2D eigenvalue weighted by Gasteiger charge is 2.34. The molecule has 2 aliphatic carbocycles. The van der Waals surface area contributed by atoms with Gasteiger partial charge in [-0.3, -0.25) is 4.79 Å². The third kappa shape index (κ3) is 2.72. The van der Waals surface area contributed by atoms with Crippen LogP contribution in [0.2, 0.25) is 0 Å². The molecule has 0 aliphatic heterocycles. The summed E-state index contributed by atoms with van der Waals surface area (Å²) in [6, 6.07) is 10.9. The number of hydrogen-bond donors (Lipinski definition) is 1. The lowest BCUT2D eigenvalue weighted by Crippen LogP contribution is -2.35. The summed E-state index contributed by atoms with van der Waals surface area (Å²) in [5.74, 6) is 0.737. The van der Waals surface area contributed by atoms with Gasteiger partial charge in [0.25, 0.3) is 5.91 Å². The van der Waals surface area contributed by atoms with Crippen LogP contribution in [0.3, 0.4) is 0 Å². The summed E-state index contributed by atoms with van der Waals surface area (Å²) in [6.07, 6.45) is 4.59. The minimum atomic E-state index is 0.112. The van der Waals surface area contributed by atoms with E-state index >= 15 is 0 Å². The summed E-state index contributed by atoms with van der Waals surface area (Å²) >= 11 is 1.58. The van der Waals surface area contributed by atoms with E-state index in [0.717, 1.165) is 17.7 Å². The van der Waals surface area contributed by atoms with Crippen molar-refractivity contribution in [3.63, 3.8) is 0 Å². The van der Waals surface area contributed by atoms with Gasteiger partial charge in [-0.05, 0) is 65.2 Å². The molecule has 0 radical (unpaired) electrons. The number of carbonyl (C=O) groups is 1. The van der Waals surface area contributed by atoms with E-state index in [0.29, 0.717) is 5.92 Å². The molecule has 2 aromatic rings.